The summed E-state index contributed by atoms with van der Waals surface area (Å²) in [6, 6.07) is 11.5. The average Bonchev–Trinajstić information content (AvgIpc) is 3.12. The van der Waals surface area contributed by atoms with Gasteiger partial charge in [-0.1, -0.05) is 30.8 Å². The van der Waals surface area contributed by atoms with Crippen LogP contribution in [0.3, 0.4) is 0 Å². The molecular weight excluding hydrogens is 322 g/mol. The van der Waals surface area contributed by atoms with Crippen LogP contribution in [0.25, 0.3) is 0 Å². The number of phenolic OH excluding ortho intramolecular Hbond substituents is 1. The Morgan fingerprint density at radius 2 is 2.17 bits per heavy atom. The van der Waals surface area contributed by atoms with Gasteiger partial charge < -0.3 is 14.7 Å². The zero-order valence-corrected chi connectivity index (χ0v) is 14.4. The maximum absolute atomic E-state index is 9.91. The lowest BCUT2D eigenvalue weighted by molar-refractivity contribution is 0.318. The normalized spacial score (nSPS) is 25.5. The van der Waals surface area contributed by atoms with Gasteiger partial charge in [0, 0.05) is 18.0 Å². The van der Waals surface area contributed by atoms with E-state index in [2.05, 4.69) is 16.8 Å². The Labute approximate surface area is 145 Å². The molecule has 5 nitrogen and oxygen atoms in total. The molecular formula is C18H19N3O2S. The average molecular weight is 341 g/mol. The third-order valence-electron chi connectivity index (χ3n) is 4.43. The number of amidine groups is 1. The summed E-state index contributed by atoms with van der Waals surface area (Å²) in [5, 5.41) is 11.5. The van der Waals surface area contributed by atoms with E-state index in [1.54, 1.807) is 13.2 Å². The molecule has 0 bridgehead atoms. The predicted molar refractivity (Wildman–Crippen MR) is 95.6 cm³/mol. The van der Waals surface area contributed by atoms with Crippen LogP contribution in [0.4, 0.5) is 0 Å². The van der Waals surface area contributed by atoms with Crippen molar-refractivity contribution in [3.8, 4) is 11.5 Å². The largest absolute Gasteiger partial charge is 0.504 e. The maximum atomic E-state index is 9.91. The molecule has 0 radical (unpaired) electrons. The van der Waals surface area contributed by atoms with Gasteiger partial charge in [0.15, 0.2) is 16.7 Å². The van der Waals surface area contributed by atoms with Crippen molar-refractivity contribution >= 4 is 16.9 Å². The van der Waals surface area contributed by atoms with E-state index in [1.807, 2.05) is 48.3 Å². The van der Waals surface area contributed by atoms with Gasteiger partial charge in [-0.05, 0) is 29.8 Å². The van der Waals surface area contributed by atoms with E-state index in [0.29, 0.717) is 11.0 Å². The Hall–Kier alpha value is -2.21. The summed E-state index contributed by atoms with van der Waals surface area (Å²) in [5.74, 6) is 0.638. The summed E-state index contributed by atoms with van der Waals surface area (Å²) in [4.78, 5) is 11.8. The number of phenols is 1. The summed E-state index contributed by atoms with van der Waals surface area (Å²) in [6.07, 6.45) is 1.81. The van der Waals surface area contributed by atoms with E-state index in [1.165, 1.54) is 0 Å². The molecule has 1 saturated heterocycles. The van der Waals surface area contributed by atoms with E-state index in [9.17, 15) is 5.11 Å². The Kier molecular flexibility index (Phi) is 3.84. The summed E-state index contributed by atoms with van der Waals surface area (Å²) in [7, 11) is 1.57. The number of pyridine rings is 1. The number of ether oxygens (including phenoxy) is 1. The van der Waals surface area contributed by atoms with Crippen LogP contribution in [0.15, 0.2) is 47.6 Å². The maximum Gasteiger partial charge on any atom is 0.160 e. The molecule has 0 amide bonds. The number of methoxy groups -OCH3 is 1. The lowest BCUT2D eigenvalue weighted by Gasteiger charge is -2.27. The number of thioether (sulfide) groups is 1. The molecule has 2 aliphatic heterocycles. The van der Waals surface area contributed by atoms with E-state index < -0.39 is 0 Å². The highest BCUT2D eigenvalue weighted by Gasteiger charge is 2.43. The summed E-state index contributed by atoms with van der Waals surface area (Å²) < 4.78 is 5.29. The molecule has 2 aromatic rings. The second-order valence-corrected chi connectivity index (χ2v) is 7.47. The van der Waals surface area contributed by atoms with Crippen LogP contribution in [0.1, 0.15) is 30.3 Å². The lowest BCUT2D eigenvalue weighted by atomic mass is 9.96. The smallest absolute Gasteiger partial charge is 0.160 e. The molecule has 0 saturated carbocycles. The number of nitrogens with zero attached hydrogens (tertiary/aromatic N) is 3. The molecule has 2 aliphatic rings. The predicted octanol–water partition coefficient (Wildman–Crippen LogP) is 3.39. The molecule has 0 spiro atoms. The standard InChI is InChI=1S/C18H19N3O2S/c1-11-10-21-17(12-6-7-14(22)15(9-12)23-2)16(20-18(21)24-11)13-5-3-4-8-19-13/h3-9,11,16-17,22H,10H2,1-2H3. The molecule has 3 heterocycles. The fraction of sp³-hybridized carbons (Fsp3) is 0.333. The fourth-order valence-electron chi connectivity index (χ4n) is 3.36. The zero-order valence-electron chi connectivity index (χ0n) is 13.6. The Morgan fingerprint density at radius 1 is 1.29 bits per heavy atom. The second-order valence-electron chi connectivity index (χ2n) is 6.07. The van der Waals surface area contributed by atoms with Crippen molar-refractivity contribution in [2.45, 2.75) is 24.3 Å². The van der Waals surface area contributed by atoms with Crippen molar-refractivity contribution in [2.75, 3.05) is 13.7 Å². The summed E-state index contributed by atoms with van der Waals surface area (Å²) in [6.45, 7) is 3.18. The van der Waals surface area contributed by atoms with Crippen molar-refractivity contribution in [2.24, 2.45) is 4.99 Å². The van der Waals surface area contributed by atoms with Gasteiger partial charge in [-0.3, -0.25) is 9.98 Å². The summed E-state index contributed by atoms with van der Waals surface area (Å²) >= 11 is 1.81. The number of aliphatic imine (C=N–C) groups is 1. The number of rotatable bonds is 3. The molecule has 1 aromatic carbocycles. The molecule has 1 N–H and O–H groups in total. The molecule has 6 heteroatoms. The number of hydrogen-bond acceptors (Lipinski definition) is 6. The highest BCUT2D eigenvalue weighted by molar-refractivity contribution is 8.14. The van der Waals surface area contributed by atoms with Crippen molar-refractivity contribution in [1.29, 1.82) is 0 Å². The van der Waals surface area contributed by atoms with E-state index in [4.69, 9.17) is 9.73 Å². The molecule has 1 aromatic heterocycles. The number of fused-ring (bicyclic) bond motifs is 1. The second kappa shape index (κ2) is 6.02. The number of benzene rings is 1. The van der Waals surface area contributed by atoms with Crippen molar-refractivity contribution < 1.29 is 9.84 Å². The van der Waals surface area contributed by atoms with E-state index in [-0.39, 0.29) is 17.8 Å². The van der Waals surface area contributed by atoms with E-state index in [0.717, 1.165) is 23.0 Å². The van der Waals surface area contributed by atoms with Crippen LogP contribution >= 0.6 is 11.8 Å². The number of aromatic nitrogens is 1. The fourth-order valence-corrected chi connectivity index (χ4v) is 4.45. The van der Waals surface area contributed by atoms with Crippen LogP contribution in [-0.4, -0.2) is 39.1 Å². The quantitative estimate of drug-likeness (QED) is 0.927. The van der Waals surface area contributed by atoms with Gasteiger partial charge in [-0.2, -0.15) is 0 Å². The highest BCUT2D eigenvalue weighted by atomic mass is 32.2. The first-order valence-electron chi connectivity index (χ1n) is 7.96. The van der Waals surface area contributed by atoms with Gasteiger partial charge in [0.05, 0.1) is 18.8 Å². The molecule has 3 unspecified atom stereocenters. The molecule has 3 atom stereocenters. The zero-order chi connectivity index (χ0) is 16.7. The lowest BCUT2D eigenvalue weighted by Crippen LogP contribution is -2.28. The number of aromatic hydroxyl groups is 1. The van der Waals surface area contributed by atoms with E-state index >= 15 is 0 Å². The van der Waals surface area contributed by atoms with Crippen LogP contribution in [0.5, 0.6) is 11.5 Å². The van der Waals surface area contributed by atoms with Gasteiger partial charge in [-0.15, -0.1) is 0 Å². The topological polar surface area (TPSA) is 58.0 Å². The van der Waals surface area contributed by atoms with Crippen molar-refractivity contribution in [3.05, 3.63) is 53.9 Å². The Morgan fingerprint density at radius 3 is 2.92 bits per heavy atom. The van der Waals surface area contributed by atoms with Gasteiger partial charge in [-0.25, -0.2) is 0 Å². The van der Waals surface area contributed by atoms with Crippen LogP contribution in [0, 0.1) is 0 Å². The minimum atomic E-state index is -0.0459. The number of hydrogen-bond donors (Lipinski definition) is 1. The van der Waals surface area contributed by atoms with Crippen molar-refractivity contribution in [1.82, 2.24) is 9.88 Å². The molecule has 0 aliphatic carbocycles. The molecule has 4 rings (SSSR count). The highest BCUT2D eigenvalue weighted by Crippen LogP contribution is 2.48. The monoisotopic (exact) mass is 341 g/mol. The van der Waals surface area contributed by atoms with Crippen LogP contribution in [-0.2, 0) is 0 Å². The third-order valence-corrected chi connectivity index (χ3v) is 5.53. The van der Waals surface area contributed by atoms with Crippen LogP contribution < -0.4 is 4.74 Å². The third kappa shape index (κ3) is 2.51. The van der Waals surface area contributed by atoms with Crippen molar-refractivity contribution in [3.63, 3.8) is 0 Å². The Bertz CT molecular complexity index is 781. The minimum absolute atomic E-state index is 0.0459. The Balaban J connectivity index is 1.78. The van der Waals surface area contributed by atoms with Gasteiger partial charge in [0.2, 0.25) is 0 Å². The molecule has 24 heavy (non-hydrogen) atoms. The SMILES string of the molecule is COc1cc(C2C(c3ccccn3)N=C3SC(C)CN32)ccc1O. The minimum Gasteiger partial charge on any atom is -0.504 e. The molecule has 1 fully saturated rings. The van der Waals surface area contributed by atoms with Gasteiger partial charge in [0.25, 0.3) is 0 Å². The van der Waals surface area contributed by atoms with Gasteiger partial charge in [0.1, 0.15) is 6.04 Å². The molecule has 124 valence electrons. The first kappa shape index (κ1) is 15.3. The first-order chi connectivity index (χ1) is 11.7. The first-order valence-corrected chi connectivity index (χ1v) is 8.84. The van der Waals surface area contributed by atoms with Gasteiger partial charge >= 0.3 is 0 Å². The van der Waals surface area contributed by atoms with Crippen LogP contribution in [0.2, 0.25) is 0 Å². The summed E-state index contributed by atoms with van der Waals surface area (Å²) in [5.41, 5.74) is 2.04.